The van der Waals surface area contributed by atoms with Gasteiger partial charge in [-0.1, -0.05) is 49.2 Å². The molecule has 1 saturated heterocycles. The summed E-state index contributed by atoms with van der Waals surface area (Å²) in [6.07, 6.45) is 3.95. The third-order valence-corrected chi connectivity index (χ3v) is 8.13. The van der Waals surface area contributed by atoms with Gasteiger partial charge in [0.1, 0.15) is 16.9 Å². The highest BCUT2D eigenvalue weighted by atomic mass is 35.5. The first kappa shape index (κ1) is 26.8. The Balaban J connectivity index is 1.70. The van der Waals surface area contributed by atoms with Crippen molar-refractivity contribution in [1.82, 2.24) is 9.47 Å². The van der Waals surface area contributed by atoms with Gasteiger partial charge < -0.3 is 9.84 Å². The van der Waals surface area contributed by atoms with Gasteiger partial charge in [0.05, 0.1) is 4.90 Å². The number of hydrogen-bond acceptors (Lipinski definition) is 5. The molecule has 4 rings (SSSR count). The Hall–Kier alpha value is -3.30. The third kappa shape index (κ3) is 5.67. The van der Waals surface area contributed by atoms with E-state index in [0.717, 1.165) is 30.2 Å². The monoisotopic (exact) mass is 544 g/mol. The summed E-state index contributed by atoms with van der Waals surface area (Å²) < 4.78 is 31.4. The van der Waals surface area contributed by atoms with Gasteiger partial charge in [-0.15, -0.1) is 0 Å². The molecular weight excluding hydrogens is 516 g/mol. The molecule has 10 heteroatoms. The van der Waals surface area contributed by atoms with Gasteiger partial charge in [-0.25, -0.2) is 13.2 Å². The third-order valence-electron chi connectivity index (χ3n) is 6.61. The number of pyridine rings is 1. The van der Waals surface area contributed by atoms with E-state index in [4.69, 9.17) is 16.3 Å². The molecule has 0 saturated carbocycles. The van der Waals surface area contributed by atoms with E-state index in [2.05, 4.69) is 6.92 Å². The van der Waals surface area contributed by atoms with E-state index in [1.54, 1.807) is 24.4 Å². The molecule has 0 spiro atoms. The summed E-state index contributed by atoms with van der Waals surface area (Å²) in [6.45, 7) is 2.28. The van der Waals surface area contributed by atoms with Crippen molar-refractivity contribution in [2.45, 2.75) is 48.6 Å². The summed E-state index contributed by atoms with van der Waals surface area (Å²) in [5.41, 5.74) is 0.481. The van der Waals surface area contributed by atoms with Gasteiger partial charge in [0, 0.05) is 43.6 Å². The number of carboxylic acid groups (broad SMARTS) is 1. The molecular formula is C27H29ClN2O6S. The van der Waals surface area contributed by atoms with Gasteiger partial charge in [0.2, 0.25) is 0 Å². The van der Waals surface area contributed by atoms with Crippen LogP contribution in [0.25, 0.3) is 5.69 Å². The number of ether oxygens (including phenoxy) is 1. The van der Waals surface area contributed by atoms with Crippen LogP contribution in [-0.4, -0.2) is 47.4 Å². The number of nitrogens with zero attached hydrogens (tertiary/aromatic N) is 2. The smallest absolute Gasteiger partial charge is 0.408 e. The molecule has 1 aromatic heterocycles. The number of likely N-dealkylation sites (tertiary alicyclic amines) is 1. The van der Waals surface area contributed by atoms with Crippen molar-refractivity contribution < 1.29 is 23.1 Å². The molecule has 0 radical (unpaired) electrons. The fraction of sp³-hybridized carbons (Fsp3) is 0.333. The minimum absolute atomic E-state index is 0.167. The Morgan fingerprint density at radius 2 is 1.86 bits per heavy atom. The first-order chi connectivity index (χ1) is 17.5. The lowest BCUT2D eigenvalue weighted by Gasteiger charge is -2.44. The Morgan fingerprint density at radius 1 is 1.16 bits per heavy atom. The number of carbonyl (C=O) groups is 1. The summed E-state index contributed by atoms with van der Waals surface area (Å²) in [6, 6.07) is 17.0. The van der Waals surface area contributed by atoms with Crippen molar-refractivity contribution in [2.75, 3.05) is 12.8 Å². The highest BCUT2D eigenvalue weighted by Crippen LogP contribution is 2.42. The molecule has 2 unspecified atom stereocenters. The predicted molar refractivity (Wildman–Crippen MR) is 141 cm³/mol. The minimum atomic E-state index is -3.35. The molecule has 37 heavy (non-hydrogen) atoms. The first-order valence-electron chi connectivity index (χ1n) is 12.0. The lowest BCUT2D eigenvalue weighted by molar-refractivity contribution is -0.00841. The summed E-state index contributed by atoms with van der Waals surface area (Å²) in [7, 11) is -3.35. The van der Waals surface area contributed by atoms with Crippen LogP contribution < -0.4 is 10.3 Å². The number of rotatable bonds is 7. The van der Waals surface area contributed by atoms with Gasteiger partial charge in [-0.2, -0.15) is 0 Å². The van der Waals surface area contributed by atoms with Gasteiger partial charge in [-0.05, 0) is 47.9 Å². The van der Waals surface area contributed by atoms with E-state index in [9.17, 15) is 23.1 Å². The van der Waals surface area contributed by atoms with E-state index in [0.29, 0.717) is 17.9 Å². The van der Waals surface area contributed by atoms with E-state index < -0.39 is 27.0 Å². The second kappa shape index (κ2) is 10.6. The lowest BCUT2D eigenvalue weighted by Crippen LogP contribution is -2.51. The van der Waals surface area contributed by atoms with E-state index >= 15 is 0 Å². The number of piperidine rings is 1. The average molecular weight is 545 g/mol. The number of amides is 1. The summed E-state index contributed by atoms with van der Waals surface area (Å²) in [4.78, 5) is 26.1. The van der Waals surface area contributed by atoms with Crippen LogP contribution in [-0.2, 0) is 21.9 Å². The summed E-state index contributed by atoms with van der Waals surface area (Å²) in [5.74, 6) is 0.341. The van der Waals surface area contributed by atoms with Crippen molar-refractivity contribution in [3.63, 3.8) is 0 Å². The van der Waals surface area contributed by atoms with Gasteiger partial charge in [0.25, 0.3) is 5.56 Å². The SMILES string of the molecule is CCCc1ccccc1C1(Oc2ccn(-c3ccc(S(C)(=O)=O)cc3)c(=O)c2)CCN(C(=O)O)C(Cl)C1. The minimum Gasteiger partial charge on any atom is -0.482 e. The van der Waals surface area contributed by atoms with Crippen LogP contribution in [0.5, 0.6) is 5.75 Å². The molecule has 1 fully saturated rings. The maximum atomic E-state index is 13.0. The van der Waals surface area contributed by atoms with Crippen LogP contribution in [0, 0.1) is 0 Å². The summed E-state index contributed by atoms with van der Waals surface area (Å²) >= 11 is 6.55. The first-order valence-corrected chi connectivity index (χ1v) is 14.3. The predicted octanol–water partition coefficient (Wildman–Crippen LogP) is 4.81. The standard InChI is InChI=1S/C27H29ClN2O6S/c1-3-6-19-7-4-5-8-23(19)27(14-16-30(26(32)33)24(28)18-27)36-21-13-15-29(25(31)17-21)20-9-11-22(12-10-20)37(2,34)35/h4-5,7-13,15,17,24H,3,6,14,16,18H2,1-2H3,(H,32,33). The number of sulfone groups is 1. The van der Waals surface area contributed by atoms with Crippen LogP contribution in [0.1, 0.15) is 37.3 Å². The van der Waals surface area contributed by atoms with Crippen LogP contribution in [0.2, 0.25) is 0 Å². The molecule has 196 valence electrons. The highest BCUT2D eigenvalue weighted by molar-refractivity contribution is 7.90. The molecule has 8 nitrogen and oxygen atoms in total. The van der Waals surface area contributed by atoms with Crippen LogP contribution in [0.3, 0.4) is 0 Å². The maximum absolute atomic E-state index is 13.0. The van der Waals surface area contributed by atoms with Crippen molar-refractivity contribution in [3.8, 4) is 11.4 Å². The molecule has 2 atom stereocenters. The Morgan fingerprint density at radius 3 is 2.46 bits per heavy atom. The van der Waals surface area contributed by atoms with Crippen LogP contribution in [0.4, 0.5) is 4.79 Å². The quantitative estimate of drug-likeness (QED) is 0.338. The molecule has 1 aliphatic heterocycles. The zero-order valence-electron chi connectivity index (χ0n) is 20.6. The molecule has 1 aliphatic rings. The highest BCUT2D eigenvalue weighted by Gasteiger charge is 2.45. The van der Waals surface area contributed by atoms with E-state index in [1.165, 1.54) is 27.7 Å². The molecule has 2 aromatic carbocycles. The molecule has 1 amide bonds. The second-order valence-corrected chi connectivity index (χ2v) is 11.7. The lowest BCUT2D eigenvalue weighted by atomic mass is 9.80. The van der Waals surface area contributed by atoms with Crippen molar-refractivity contribution in [2.24, 2.45) is 0 Å². The number of aryl methyl sites for hydroxylation is 1. The molecule has 3 aromatic rings. The fourth-order valence-corrected chi connectivity index (χ4v) is 5.86. The molecule has 1 N–H and O–H groups in total. The number of aromatic nitrogens is 1. The van der Waals surface area contributed by atoms with E-state index in [-0.39, 0.29) is 23.4 Å². The topological polar surface area (TPSA) is 106 Å². The van der Waals surface area contributed by atoms with Crippen molar-refractivity contribution in [3.05, 3.63) is 88.3 Å². The van der Waals surface area contributed by atoms with Crippen molar-refractivity contribution >= 4 is 27.5 Å². The Bertz CT molecular complexity index is 1450. The molecule has 2 heterocycles. The normalized spacial score (nSPS) is 20.0. The summed E-state index contributed by atoms with van der Waals surface area (Å²) in [5, 5.41) is 9.54. The number of hydrogen-bond donors (Lipinski definition) is 1. The van der Waals surface area contributed by atoms with Gasteiger partial charge in [-0.3, -0.25) is 14.3 Å². The number of alkyl halides is 1. The Labute approximate surface area is 221 Å². The average Bonchev–Trinajstić information content (AvgIpc) is 2.84. The second-order valence-electron chi connectivity index (χ2n) is 9.20. The molecule has 0 bridgehead atoms. The fourth-order valence-electron chi connectivity index (χ4n) is 4.80. The zero-order valence-corrected chi connectivity index (χ0v) is 22.2. The Kier molecular flexibility index (Phi) is 7.66. The van der Waals surface area contributed by atoms with Gasteiger partial charge >= 0.3 is 6.09 Å². The number of halogens is 1. The molecule has 0 aliphatic carbocycles. The largest absolute Gasteiger partial charge is 0.482 e. The zero-order chi connectivity index (χ0) is 26.8. The van der Waals surface area contributed by atoms with Crippen LogP contribution in [0.15, 0.2) is 76.6 Å². The van der Waals surface area contributed by atoms with Crippen molar-refractivity contribution in [1.29, 1.82) is 0 Å². The van der Waals surface area contributed by atoms with Crippen LogP contribution >= 0.6 is 11.6 Å². The van der Waals surface area contributed by atoms with E-state index in [1.807, 2.05) is 24.3 Å². The maximum Gasteiger partial charge on any atom is 0.408 e. The number of benzene rings is 2. The van der Waals surface area contributed by atoms with Gasteiger partial charge in [0.15, 0.2) is 9.84 Å².